The van der Waals surface area contributed by atoms with Crippen LogP contribution in [0.3, 0.4) is 0 Å². The van der Waals surface area contributed by atoms with Gasteiger partial charge in [0, 0.05) is 18.7 Å². The van der Waals surface area contributed by atoms with Crippen molar-refractivity contribution in [3.8, 4) is 0 Å². The number of hydrogen-bond donors (Lipinski definition) is 1. The van der Waals surface area contributed by atoms with Crippen LogP contribution in [0.5, 0.6) is 0 Å². The average Bonchev–Trinajstić information content (AvgIpc) is 2.92. The van der Waals surface area contributed by atoms with Crippen LogP contribution < -0.4 is 5.32 Å². The molecule has 1 fully saturated rings. The molecule has 0 spiro atoms. The first kappa shape index (κ1) is 12.4. The molecule has 2 unspecified atom stereocenters. The van der Waals surface area contributed by atoms with Gasteiger partial charge in [-0.2, -0.15) is 13.2 Å². The van der Waals surface area contributed by atoms with Crippen molar-refractivity contribution in [1.82, 2.24) is 19.9 Å². The summed E-state index contributed by atoms with van der Waals surface area (Å²) < 4.78 is 39.7. The smallest absolute Gasteiger partial charge is 0.316 e. The van der Waals surface area contributed by atoms with Gasteiger partial charge in [0.05, 0.1) is 5.56 Å². The third-order valence-corrected chi connectivity index (χ3v) is 3.61. The highest BCUT2D eigenvalue weighted by Gasteiger charge is 2.33. The highest BCUT2D eigenvalue weighted by atomic mass is 19.4. The molecule has 2 aromatic heterocycles. The van der Waals surface area contributed by atoms with E-state index in [1.165, 1.54) is 10.5 Å². The summed E-state index contributed by atoms with van der Waals surface area (Å²) >= 11 is 0. The molecule has 3 rings (SSSR count). The van der Waals surface area contributed by atoms with Crippen molar-refractivity contribution in [3.05, 3.63) is 29.7 Å². The van der Waals surface area contributed by atoms with Crippen LogP contribution in [-0.2, 0) is 6.18 Å². The number of alkyl halides is 3. The van der Waals surface area contributed by atoms with Crippen molar-refractivity contribution in [2.24, 2.45) is 5.92 Å². The number of fused-ring (bicyclic) bond motifs is 1. The Bertz CT molecular complexity index is 605. The first-order valence-electron chi connectivity index (χ1n) is 6.09. The number of nitrogens with one attached hydrogen (secondary N) is 1. The van der Waals surface area contributed by atoms with Crippen LogP contribution in [0.1, 0.15) is 24.2 Å². The van der Waals surface area contributed by atoms with E-state index in [9.17, 15) is 13.2 Å². The van der Waals surface area contributed by atoms with Crippen molar-refractivity contribution in [3.63, 3.8) is 0 Å². The molecule has 0 aliphatic carbocycles. The average molecular weight is 270 g/mol. The molecule has 7 heteroatoms. The molecule has 2 atom stereocenters. The molecular weight excluding hydrogens is 257 g/mol. The normalized spacial score (nSPS) is 24.2. The highest BCUT2D eigenvalue weighted by molar-refractivity contribution is 5.40. The number of pyridine rings is 1. The van der Waals surface area contributed by atoms with Gasteiger partial charge in [0.1, 0.15) is 5.82 Å². The summed E-state index contributed by atoms with van der Waals surface area (Å²) in [5.74, 6) is 1.03. The van der Waals surface area contributed by atoms with E-state index >= 15 is 0 Å². The van der Waals surface area contributed by atoms with Crippen LogP contribution >= 0.6 is 0 Å². The second kappa shape index (κ2) is 4.19. The van der Waals surface area contributed by atoms with E-state index in [1.807, 2.05) is 0 Å². The van der Waals surface area contributed by atoms with Gasteiger partial charge in [0.15, 0.2) is 5.65 Å². The van der Waals surface area contributed by atoms with Gasteiger partial charge in [-0.3, -0.25) is 4.40 Å². The second-order valence-electron chi connectivity index (χ2n) is 4.94. The minimum atomic E-state index is -4.35. The topological polar surface area (TPSA) is 42.2 Å². The monoisotopic (exact) mass is 270 g/mol. The Morgan fingerprint density at radius 2 is 2.05 bits per heavy atom. The van der Waals surface area contributed by atoms with Crippen molar-refractivity contribution in [1.29, 1.82) is 0 Å². The predicted octanol–water partition coefficient (Wildman–Crippen LogP) is 2.07. The van der Waals surface area contributed by atoms with Crippen LogP contribution in [0.2, 0.25) is 0 Å². The molecule has 1 aliphatic heterocycles. The molecule has 3 heterocycles. The number of aromatic nitrogens is 3. The van der Waals surface area contributed by atoms with Gasteiger partial charge in [-0.15, -0.1) is 10.2 Å². The summed E-state index contributed by atoms with van der Waals surface area (Å²) in [5, 5.41) is 11.2. The lowest BCUT2D eigenvalue weighted by molar-refractivity contribution is -0.137. The zero-order valence-electron chi connectivity index (χ0n) is 10.3. The van der Waals surface area contributed by atoms with E-state index in [0.29, 0.717) is 17.4 Å². The van der Waals surface area contributed by atoms with Crippen LogP contribution in [0, 0.1) is 5.92 Å². The van der Waals surface area contributed by atoms with Crippen molar-refractivity contribution in [2.45, 2.75) is 19.0 Å². The third kappa shape index (κ3) is 2.07. The van der Waals surface area contributed by atoms with Crippen LogP contribution in [0.4, 0.5) is 13.2 Å². The minimum Gasteiger partial charge on any atom is -0.316 e. The number of nitrogens with zero attached hydrogens (tertiary/aromatic N) is 3. The molecular formula is C12H13F3N4. The predicted molar refractivity (Wildman–Crippen MR) is 62.8 cm³/mol. The van der Waals surface area contributed by atoms with E-state index in [2.05, 4.69) is 22.4 Å². The Labute approximate surface area is 107 Å². The molecule has 1 N–H and O–H groups in total. The maximum Gasteiger partial charge on any atom is 0.417 e. The van der Waals surface area contributed by atoms with Gasteiger partial charge in [-0.25, -0.2) is 0 Å². The maximum absolute atomic E-state index is 12.7. The third-order valence-electron chi connectivity index (χ3n) is 3.61. The molecule has 0 aromatic carbocycles. The Morgan fingerprint density at radius 1 is 1.26 bits per heavy atom. The van der Waals surface area contributed by atoms with Gasteiger partial charge in [-0.1, -0.05) is 6.92 Å². The first-order valence-corrected chi connectivity index (χ1v) is 6.09. The fourth-order valence-corrected chi connectivity index (χ4v) is 2.48. The molecule has 19 heavy (non-hydrogen) atoms. The standard InChI is InChI=1S/C12H13F3N4/c1-7-4-16-5-9(7)11-18-17-10-3-2-8(6-19(10)11)12(13,14)15/h2-3,6-7,9,16H,4-5H2,1H3. The molecule has 1 saturated heterocycles. The number of halogens is 3. The van der Waals surface area contributed by atoms with E-state index in [4.69, 9.17) is 0 Å². The van der Waals surface area contributed by atoms with Crippen molar-refractivity contribution in [2.75, 3.05) is 13.1 Å². The number of rotatable bonds is 1. The Kier molecular flexibility index (Phi) is 2.74. The van der Waals surface area contributed by atoms with Crippen LogP contribution in [-0.4, -0.2) is 27.7 Å². The van der Waals surface area contributed by atoms with E-state index in [-0.39, 0.29) is 5.92 Å². The summed E-state index contributed by atoms with van der Waals surface area (Å²) in [5.41, 5.74) is -0.234. The largest absolute Gasteiger partial charge is 0.417 e. The summed E-state index contributed by atoms with van der Waals surface area (Å²) in [7, 11) is 0. The van der Waals surface area contributed by atoms with Crippen molar-refractivity contribution >= 4 is 5.65 Å². The van der Waals surface area contributed by atoms with Gasteiger partial charge in [0.25, 0.3) is 0 Å². The fourth-order valence-electron chi connectivity index (χ4n) is 2.48. The lowest BCUT2D eigenvalue weighted by atomic mass is 9.97. The van der Waals surface area contributed by atoms with Gasteiger partial charge >= 0.3 is 6.18 Å². The van der Waals surface area contributed by atoms with Crippen LogP contribution in [0.15, 0.2) is 18.3 Å². The van der Waals surface area contributed by atoms with E-state index < -0.39 is 11.7 Å². The van der Waals surface area contributed by atoms with Crippen LogP contribution in [0.25, 0.3) is 5.65 Å². The summed E-state index contributed by atoms with van der Waals surface area (Å²) in [6.45, 7) is 3.62. The molecule has 0 saturated carbocycles. The van der Waals surface area contributed by atoms with E-state index in [1.54, 1.807) is 0 Å². The zero-order valence-corrected chi connectivity index (χ0v) is 10.3. The highest BCUT2D eigenvalue weighted by Crippen LogP contribution is 2.31. The Morgan fingerprint density at radius 3 is 2.68 bits per heavy atom. The summed E-state index contributed by atoms with van der Waals surface area (Å²) in [6, 6.07) is 2.39. The SMILES string of the molecule is CC1CNCC1c1nnc2ccc(C(F)(F)F)cn12. The molecule has 2 aromatic rings. The fraction of sp³-hybridized carbons (Fsp3) is 0.500. The molecule has 1 aliphatic rings. The van der Waals surface area contributed by atoms with Crippen molar-refractivity contribution < 1.29 is 13.2 Å². The quantitative estimate of drug-likeness (QED) is 0.862. The van der Waals surface area contributed by atoms with E-state index in [0.717, 1.165) is 25.4 Å². The van der Waals surface area contributed by atoms with Gasteiger partial charge in [-0.05, 0) is 24.6 Å². The molecule has 0 amide bonds. The van der Waals surface area contributed by atoms with Gasteiger partial charge < -0.3 is 5.32 Å². The summed E-state index contributed by atoms with van der Waals surface area (Å²) in [4.78, 5) is 0. The summed E-state index contributed by atoms with van der Waals surface area (Å²) in [6.07, 6.45) is -3.27. The molecule has 4 nitrogen and oxygen atoms in total. The zero-order chi connectivity index (χ0) is 13.6. The first-order chi connectivity index (χ1) is 8.97. The number of hydrogen-bond acceptors (Lipinski definition) is 3. The molecule has 0 radical (unpaired) electrons. The van der Waals surface area contributed by atoms with Gasteiger partial charge in [0.2, 0.25) is 0 Å². The lowest BCUT2D eigenvalue weighted by Gasteiger charge is -2.13. The lowest BCUT2D eigenvalue weighted by Crippen LogP contribution is -2.13. The minimum absolute atomic E-state index is 0.0958. The second-order valence-corrected chi connectivity index (χ2v) is 4.94. The molecule has 0 bridgehead atoms. The Hall–Kier alpha value is -1.63. The molecule has 102 valence electrons. The maximum atomic E-state index is 12.7. The Balaban J connectivity index is 2.10.